The number of amides is 1. The second-order valence-electron chi connectivity index (χ2n) is 8.24. The number of anilines is 1. The molecule has 0 bridgehead atoms. The summed E-state index contributed by atoms with van der Waals surface area (Å²) in [5.74, 6) is 1.77. The second kappa shape index (κ2) is 7.29. The van der Waals surface area contributed by atoms with Crippen LogP contribution in [0.2, 0.25) is 0 Å². The molecule has 1 amide bonds. The third kappa shape index (κ3) is 4.12. The number of carbonyl (C=O) groups excluding carboxylic acids is 1. The smallest absolute Gasteiger partial charge is 0.224 e. The van der Waals surface area contributed by atoms with Crippen molar-refractivity contribution in [2.45, 2.75) is 76.9 Å². The quantitative estimate of drug-likeness (QED) is 0.873. The van der Waals surface area contributed by atoms with Crippen LogP contribution in [0.5, 0.6) is 5.75 Å². The minimum absolute atomic E-state index is 0.0750. The summed E-state index contributed by atoms with van der Waals surface area (Å²) in [6.45, 7) is 4.13. The highest BCUT2D eigenvalue weighted by Gasteiger charge is 2.28. The van der Waals surface area contributed by atoms with Crippen LogP contribution in [0.15, 0.2) is 18.2 Å². The van der Waals surface area contributed by atoms with Crippen molar-refractivity contribution in [1.29, 1.82) is 0 Å². The van der Waals surface area contributed by atoms with E-state index in [-0.39, 0.29) is 5.91 Å². The maximum Gasteiger partial charge on any atom is 0.224 e. The molecule has 1 N–H and O–H groups in total. The van der Waals surface area contributed by atoms with E-state index in [9.17, 15) is 4.79 Å². The van der Waals surface area contributed by atoms with E-state index in [4.69, 9.17) is 4.74 Å². The zero-order valence-corrected chi connectivity index (χ0v) is 16.1. The van der Waals surface area contributed by atoms with Crippen molar-refractivity contribution in [2.75, 3.05) is 5.32 Å². The van der Waals surface area contributed by atoms with Crippen LogP contribution in [-0.4, -0.2) is 31.7 Å². The predicted octanol–water partition coefficient (Wildman–Crippen LogP) is 3.46. The van der Waals surface area contributed by atoms with Gasteiger partial charge >= 0.3 is 0 Å². The Morgan fingerprint density at radius 3 is 2.85 bits per heavy atom. The number of fused-ring (bicyclic) bond motifs is 1. The average Bonchev–Trinajstić information content (AvgIpc) is 3.09. The Kier molecular flexibility index (Phi) is 4.85. The summed E-state index contributed by atoms with van der Waals surface area (Å²) < 4.78 is 8.30. The van der Waals surface area contributed by atoms with Crippen LogP contribution >= 0.6 is 0 Å². The van der Waals surface area contributed by atoms with Crippen molar-refractivity contribution >= 4 is 11.6 Å². The van der Waals surface area contributed by atoms with Gasteiger partial charge in [-0.05, 0) is 67.3 Å². The molecule has 27 heavy (non-hydrogen) atoms. The monoisotopic (exact) mass is 369 g/mol. The van der Waals surface area contributed by atoms with E-state index in [0.29, 0.717) is 18.9 Å². The molecule has 1 aromatic carbocycles. The fraction of sp³-hybridized carbons (Fsp3) is 0.600. The molecule has 0 atom stereocenters. The lowest BCUT2D eigenvalue weighted by atomic mass is 9.95. The van der Waals surface area contributed by atoms with Crippen LogP contribution in [0.3, 0.4) is 0 Å². The number of tetrazole rings is 1. The van der Waals surface area contributed by atoms with Crippen LogP contribution in [0.1, 0.15) is 69.8 Å². The summed E-state index contributed by atoms with van der Waals surface area (Å²) in [7, 11) is 0. The Hall–Kier alpha value is -2.44. The van der Waals surface area contributed by atoms with Crippen molar-refractivity contribution in [3.63, 3.8) is 0 Å². The molecule has 2 aliphatic rings. The van der Waals surface area contributed by atoms with E-state index >= 15 is 0 Å². The van der Waals surface area contributed by atoms with E-state index in [1.165, 1.54) is 19.3 Å². The number of aryl methyl sites for hydroxylation is 1. The van der Waals surface area contributed by atoms with Crippen LogP contribution in [0, 0.1) is 0 Å². The first-order valence-corrected chi connectivity index (χ1v) is 9.89. The number of benzene rings is 1. The number of hydrogen-bond donors (Lipinski definition) is 1. The first-order valence-electron chi connectivity index (χ1n) is 9.89. The van der Waals surface area contributed by atoms with E-state index < -0.39 is 5.60 Å². The minimum atomic E-state index is -0.437. The zero-order valence-electron chi connectivity index (χ0n) is 16.1. The number of ether oxygens (including phenoxy) is 1. The minimum Gasteiger partial charge on any atom is -0.487 e. The highest BCUT2D eigenvalue weighted by atomic mass is 16.5. The van der Waals surface area contributed by atoms with Gasteiger partial charge in [-0.15, -0.1) is 5.10 Å². The number of aromatic nitrogens is 4. The van der Waals surface area contributed by atoms with E-state index in [2.05, 4.69) is 34.7 Å². The molecule has 2 aromatic rings. The standard InChI is InChI=1S/C20H27N5O2/c1-20(2,13-18-22-23-24-25(18)15-6-4-3-5-7-15)27-16-9-10-17-14(12-16)8-11-19(26)21-17/h9-10,12,15H,3-8,11,13H2,1-2H3,(H,21,26). The number of carbonyl (C=O) groups is 1. The normalized spacial score (nSPS) is 18.1. The van der Waals surface area contributed by atoms with Crippen molar-refractivity contribution < 1.29 is 9.53 Å². The lowest BCUT2D eigenvalue weighted by Gasteiger charge is -2.28. The lowest BCUT2D eigenvalue weighted by molar-refractivity contribution is -0.116. The van der Waals surface area contributed by atoms with Crippen LogP contribution < -0.4 is 10.1 Å². The van der Waals surface area contributed by atoms with Gasteiger partial charge in [0.25, 0.3) is 0 Å². The molecule has 0 radical (unpaired) electrons. The first-order chi connectivity index (χ1) is 13.0. The molecule has 1 aliphatic heterocycles. The molecular formula is C20H27N5O2. The molecular weight excluding hydrogens is 342 g/mol. The molecule has 4 rings (SSSR count). The van der Waals surface area contributed by atoms with Gasteiger partial charge in [-0.2, -0.15) is 0 Å². The summed E-state index contributed by atoms with van der Waals surface area (Å²) in [6.07, 6.45) is 8.01. The predicted molar refractivity (Wildman–Crippen MR) is 102 cm³/mol. The molecule has 1 saturated carbocycles. The fourth-order valence-corrected chi connectivity index (χ4v) is 4.10. The lowest BCUT2D eigenvalue weighted by Crippen LogP contribution is -2.33. The van der Waals surface area contributed by atoms with Gasteiger partial charge in [0.05, 0.1) is 6.04 Å². The highest BCUT2D eigenvalue weighted by molar-refractivity contribution is 5.93. The third-order valence-electron chi connectivity index (χ3n) is 5.43. The summed E-state index contributed by atoms with van der Waals surface area (Å²) in [5.41, 5.74) is 1.57. The molecule has 1 aromatic heterocycles. The Bertz CT molecular complexity index is 824. The molecule has 0 unspecified atom stereocenters. The number of rotatable bonds is 5. The van der Waals surface area contributed by atoms with Gasteiger partial charge in [0.1, 0.15) is 11.4 Å². The number of nitrogens with zero attached hydrogens (tertiary/aromatic N) is 4. The average molecular weight is 369 g/mol. The molecule has 7 heteroatoms. The molecule has 7 nitrogen and oxygen atoms in total. The van der Waals surface area contributed by atoms with Crippen molar-refractivity contribution in [3.05, 3.63) is 29.6 Å². The zero-order chi connectivity index (χ0) is 18.9. The van der Waals surface area contributed by atoms with E-state index in [1.54, 1.807) is 0 Å². The third-order valence-corrected chi connectivity index (χ3v) is 5.43. The van der Waals surface area contributed by atoms with Gasteiger partial charge in [0, 0.05) is 18.5 Å². The van der Waals surface area contributed by atoms with Crippen LogP contribution in [0.4, 0.5) is 5.69 Å². The van der Waals surface area contributed by atoms with Gasteiger partial charge < -0.3 is 10.1 Å². The number of hydrogen-bond acceptors (Lipinski definition) is 5. The van der Waals surface area contributed by atoms with Crippen LogP contribution in [0.25, 0.3) is 0 Å². The van der Waals surface area contributed by atoms with Gasteiger partial charge in [0.15, 0.2) is 5.82 Å². The SMILES string of the molecule is CC(C)(Cc1nnnn1C1CCCCC1)Oc1ccc2c(c1)CCC(=O)N2. The van der Waals surface area contributed by atoms with Gasteiger partial charge in [-0.1, -0.05) is 19.3 Å². The second-order valence-corrected chi connectivity index (χ2v) is 8.24. The summed E-state index contributed by atoms with van der Waals surface area (Å²) in [4.78, 5) is 11.5. The molecule has 0 saturated heterocycles. The molecule has 1 fully saturated rings. The Labute approximate surface area is 159 Å². The summed E-state index contributed by atoms with van der Waals surface area (Å²) in [5, 5.41) is 15.4. The van der Waals surface area contributed by atoms with Crippen molar-refractivity contribution in [2.24, 2.45) is 0 Å². The Morgan fingerprint density at radius 2 is 2.04 bits per heavy atom. The summed E-state index contributed by atoms with van der Waals surface area (Å²) in [6, 6.07) is 6.27. The van der Waals surface area contributed by atoms with Gasteiger partial charge in [-0.25, -0.2) is 4.68 Å². The Morgan fingerprint density at radius 1 is 1.22 bits per heavy atom. The highest BCUT2D eigenvalue weighted by Crippen LogP contribution is 2.31. The first kappa shape index (κ1) is 17.9. The topological polar surface area (TPSA) is 81.9 Å². The van der Waals surface area contributed by atoms with E-state index in [0.717, 1.165) is 42.1 Å². The van der Waals surface area contributed by atoms with Crippen molar-refractivity contribution in [1.82, 2.24) is 20.2 Å². The molecule has 0 spiro atoms. The largest absolute Gasteiger partial charge is 0.487 e. The number of nitrogens with one attached hydrogen (secondary N) is 1. The molecule has 1 aliphatic carbocycles. The molecule has 2 heterocycles. The summed E-state index contributed by atoms with van der Waals surface area (Å²) >= 11 is 0. The van der Waals surface area contributed by atoms with Gasteiger partial charge in [0.2, 0.25) is 5.91 Å². The van der Waals surface area contributed by atoms with Crippen LogP contribution in [-0.2, 0) is 17.6 Å². The maximum absolute atomic E-state index is 11.5. The van der Waals surface area contributed by atoms with Gasteiger partial charge in [-0.3, -0.25) is 4.79 Å². The van der Waals surface area contributed by atoms with E-state index in [1.807, 2.05) is 22.9 Å². The maximum atomic E-state index is 11.5. The Balaban J connectivity index is 1.47. The fourth-order valence-electron chi connectivity index (χ4n) is 4.10. The molecule has 144 valence electrons. The van der Waals surface area contributed by atoms with Crippen molar-refractivity contribution in [3.8, 4) is 5.75 Å².